The molecule has 0 N–H and O–H groups in total. The van der Waals surface area contributed by atoms with E-state index in [0.29, 0.717) is 0 Å². The van der Waals surface area contributed by atoms with E-state index >= 15 is 0 Å². The van der Waals surface area contributed by atoms with Crippen molar-refractivity contribution in [2.24, 2.45) is 0 Å². The summed E-state index contributed by atoms with van der Waals surface area (Å²) in [7, 11) is 0. The number of hydrogen-bond acceptors (Lipinski definition) is 0. The lowest BCUT2D eigenvalue weighted by Gasteiger charge is -2.18. The third-order valence-electron chi connectivity index (χ3n) is 1.71. The molecular formula is C8H8. The van der Waals surface area contributed by atoms with Gasteiger partial charge in [-0.15, -0.1) is 0 Å². The van der Waals surface area contributed by atoms with Crippen molar-refractivity contribution in [1.82, 2.24) is 0 Å². The molecule has 0 spiro atoms. The van der Waals surface area contributed by atoms with Gasteiger partial charge in [0.1, 0.15) is 0 Å². The lowest BCUT2D eigenvalue weighted by molar-refractivity contribution is 1.08. The smallest absolute Gasteiger partial charge is 0.00856 e. The molecule has 0 saturated heterocycles. The Morgan fingerprint density at radius 3 is 2.62 bits per heavy atom. The Labute approximate surface area is 49.2 Å². The van der Waals surface area contributed by atoms with Gasteiger partial charge in [0.2, 0.25) is 0 Å². The van der Waals surface area contributed by atoms with Crippen molar-refractivity contribution >= 4 is 0 Å². The molecule has 0 aliphatic heterocycles. The van der Waals surface area contributed by atoms with E-state index in [-0.39, 0.29) is 0 Å². The first-order chi connectivity index (χ1) is 3.97. The summed E-state index contributed by atoms with van der Waals surface area (Å²) in [6.07, 6.45) is 11.3. The molecule has 0 aromatic heterocycles. The summed E-state index contributed by atoms with van der Waals surface area (Å²) in [5.41, 5.74) is 3.00. The number of allylic oxidation sites excluding steroid dienone is 6. The zero-order chi connectivity index (χ0) is 5.40. The number of fused-ring (bicyclic) bond motifs is 1. The van der Waals surface area contributed by atoms with Crippen molar-refractivity contribution in [3.05, 3.63) is 35.5 Å². The lowest BCUT2D eigenvalue weighted by atomic mass is 9.87. The Morgan fingerprint density at radius 2 is 2.25 bits per heavy atom. The second kappa shape index (κ2) is 1.35. The molecule has 0 heterocycles. The molecule has 0 radical (unpaired) electrons. The normalized spacial score (nSPS) is 23.0. The molecule has 0 atom stereocenters. The van der Waals surface area contributed by atoms with Gasteiger partial charge in [0.15, 0.2) is 0 Å². The molecule has 2 rings (SSSR count). The third-order valence-corrected chi connectivity index (χ3v) is 1.71. The average Bonchev–Trinajstić information content (AvgIpc) is 1.72. The van der Waals surface area contributed by atoms with Gasteiger partial charge < -0.3 is 0 Å². The minimum absolute atomic E-state index is 1.15. The van der Waals surface area contributed by atoms with Crippen LogP contribution in [0.1, 0.15) is 12.8 Å². The Kier molecular flexibility index (Phi) is 0.696. The maximum absolute atomic E-state index is 2.30. The van der Waals surface area contributed by atoms with Gasteiger partial charge in [0.25, 0.3) is 0 Å². The van der Waals surface area contributed by atoms with Crippen LogP contribution in [0.4, 0.5) is 0 Å². The standard InChI is InChI=1S/C8H8/c1-2-4-8-6-5-7(8)3-1/h1,3-5H,2,6H2. The molecule has 8 heavy (non-hydrogen) atoms. The predicted molar refractivity (Wildman–Crippen MR) is 34.5 cm³/mol. The molecule has 40 valence electrons. The van der Waals surface area contributed by atoms with E-state index in [4.69, 9.17) is 0 Å². The summed E-state index contributed by atoms with van der Waals surface area (Å²) in [6, 6.07) is 0. The monoisotopic (exact) mass is 104 g/mol. The van der Waals surface area contributed by atoms with Crippen LogP contribution in [0.25, 0.3) is 0 Å². The summed E-state index contributed by atoms with van der Waals surface area (Å²) in [4.78, 5) is 0. The van der Waals surface area contributed by atoms with Crippen LogP contribution in [0.3, 0.4) is 0 Å². The van der Waals surface area contributed by atoms with E-state index in [2.05, 4.69) is 24.3 Å². The van der Waals surface area contributed by atoms with Crippen molar-refractivity contribution in [3.63, 3.8) is 0 Å². The highest BCUT2D eigenvalue weighted by atomic mass is 14.2. The van der Waals surface area contributed by atoms with Crippen LogP contribution >= 0.6 is 0 Å². The minimum Gasteiger partial charge on any atom is -0.0801 e. The molecule has 0 heteroatoms. The average molecular weight is 104 g/mol. The minimum atomic E-state index is 1.15. The van der Waals surface area contributed by atoms with Gasteiger partial charge in [0.05, 0.1) is 0 Å². The van der Waals surface area contributed by atoms with Crippen LogP contribution in [-0.4, -0.2) is 0 Å². The van der Waals surface area contributed by atoms with E-state index < -0.39 is 0 Å². The summed E-state index contributed by atoms with van der Waals surface area (Å²) >= 11 is 0. The van der Waals surface area contributed by atoms with Crippen LogP contribution in [0.2, 0.25) is 0 Å². The Balaban J connectivity index is 2.41. The molecule has 0 saturated carbocycles. The largest absolute Gasteiger partial charge is 0.0801 e. The molecule has 0 aromatic carbocycles. The second-order valence-corrected chi connectivity index (χ2v) is 2.23. The van der Waals surface area contributed by atoms with E-state index in [1.54, 1.807) is 5.57 Å². The Bertz CT molecular complexity index is 192. The third kappa shape index (κ3) is 0.401. The SMILES string of the molecule is C1=CC2=CCC2=CC1. The first-order valence-corrected chi connectivity index (χ1v) is 3.03. The summed E-state index contributed by atoms with van der Waals surface area (Å²) in [6.45, 7) is 0. The van der Waals surface area contributed by atoms with Crippen molar-refractivity contribution in [3.8, 4) is 0 Å². The molecule has 0 fully saturated rings. The molecule has 2 aliphatic carbocycles. The highest BCUT2D eigenvalue weighted by Crippen LogP contribution is 2.29. The van der Waals surface area contributed by atoms with Gasteiger partial charge in [-0.05, 0) is 24.0 Å². The van der Waals surface area contributed by atoms with Gasteiger partial charge in [0, 0.05) is 0 Å². The van der Waals surface area contributed by atoms with Crippen LogP contribution in [0, 0.1) is 0 Å². The van der Waals surface area contributed by atoms with E-state index in [1.165, 1.54) is 12.0 Å². The Hall–Kier alpha value is -0.780. The molecule has 0 bridgehead atoms. The van der Waals surface area contributed by atoms with Gasteiger partial charge in [-0.3, -0.25) is 0 Å². The van der Waals surface area contributed by atoms with E-state index in [9.17, 15) is 0 Å². The quantitative estimate of drug-likeness (QED) is 0.442. The molecule has 0 amide bonds. The number of hydrogen-bond donors (Lipinski definition) is 0. The zero-order valence-corrected chi connectivity index (χ0v) is 4.72. The van der Waals surface area contributed by atoms with Crippen molar-refractivity contribution in [2.75, 3.05) is 0 Å². The molecule has 0 nitrogen and oxygen atoms in total. The van der Waals surface area contributed by atoms with Gasteiger partial charge in [-0.2, -0.15) is 0 Å². The van der Waals surface area contributed by atoms with Gasteiger partial charge in [-0.25, -0.2) is 0 Å². The second-order valence-electron chi connectivity index (χ2n) is 2.23. The fourth-order valence-corrected chi connectivity index (χ4v) is 1.12. The fraction of sp³-hybridized carbons (Fsp3) is 0.250. The number of rotatable bonds is 0. The predicted octanol–water partition coefficient (Wildman–Crippen LogP) is 2.20. The summed E-state index contributed by atoms with van der Waals surface area (Å²) in [5.74, 6) is 0. The highest BCUT2D eigenvalue weighted by Gasteiger charge is 2.10. The van der Waals surface area contributed by atoms with E-state index in [0.717, 1.165) is 6.42 Å². The summed E-state index contributed by atoms with van der Waals surface area (Å²) in [5, 5.41) is 0. The van der Waals surface area contributed by atoms with E-state index in [1.807, 2.05) is 0 Å². The van der Waals surface area contributed by atoms with Crippen LogP contribution in [0.15, 0.2) is 35.5 Å². The molecule has 0 aromatic rings. The first-order valence-electron chi connectivity index (χ1n) is 3.03. The zero-order valence-electron chi connectivity index (χ0n) is 4.72. The van der Waals surface area contributed by atoms with Crippen molar-refractivity contribution in [1.29, 1.82) is 0 Å². The van der Waals surface area contributed by atoms with Crippen molar-refractivity contribution < 1.29 is 0 Å². The topological polar surface area (TPSA) is 0 Å². The van der Waals surface area contributed by atoms with Gasteiger partial charge >= 0.3 is 0 Å². The van der Waals surface area contributed by atoms with Crippen LogP contribution in [-0.2, 0) is 0 Å². The van der Waals surface area contributed by atoms with Crippen LogP contribution < -0.4 is 0 Å². The molecular weight excluding hydrogens is 96.1 g/mol. The maximum Gasteiger partial charge on any atom is -0.00856 e. The summed E-state index contributed by atoms with van der Waals surface area (Å²) < 4.78 is 0. The first kappa shape index (κ1) is 4.13. The van der Waals surface area contributed by atoms with Crippen LogP contribution in [0.5, 0.6) is 0 Å². The molecule has 0 unspecified atom stereocenters. The lowest BCUT2D eigenvalue weighted by Crippen LogP contribution is -1.98. The van der Waals surface area contributed by atoms with Crippen molar-refractivity contribution in [2.45, 2.75) is 12.8 Å². The molecule has 2 aliphatic rings. The van der Waals surface area contributed by atoms with Gasteiger partial charge in [-0.1, -0.05) is 24.3 Å². The maximum atomic E-state index is 2.30. The Morgan fingerprint density at radius 1 is 1.25 bits per heavy atom. The highest BCUT2D eigenvalue weighted by molar-refractivity contribution is 5.51. The fourth-order valence-electron chi connectivity index (χ4n) is 1.12.